The number of nitrogens with zero attached hydrogens (tertiary/aromatic N) is 1. The summed E-state index contributed by atoms with van der Waals surface area (Å²) in [5.74, 6) is -1.12. The van der Waals surface area contributed by atoms with Crippen LogP contribution in [-0.2, 0) is 9.59 Å². The number of hydrogen-bond acceptors (Lipinski definition) is 3. The van der Waals surface area contributed by atoms with Crippen LogP contribution in [0.25, 0.3) is 0 Å². The minimum atomic E-state index is -0.855. The minimum Gasteiger partial charge on any atom is -0.481 e. The summed E-state index contributed by atoms with van der Waals surface area (Å²) in [5.41, 5.74) is 0. The second-order valence-corrected chi connectivity index (χ2v) is 6.50. The van der Waals surface area contributed by atoms with Gasteiger partial charge in [0.2, 0.25) is 5.91 Å². The monoisotopic (exact) mass is 325 g/mol. The number of carbonyl (C=O) groups excluding carboxylic acids is 2. The zero-order valence-corrected chi connectivity index (χ0v) is 13.6. The van der Waals surface area contributed by atoms with Crippen LogP contribution in [0.5, 0.6) is 0 Å². The molecule has 0 bridgehead atoms. The number of aliphatic carboxylic acids is 1. The highest BCUT2D eigenvalue weighted by Gasteiger charge is 2.29. The van der Waals surface area contributed by atoms with Crippen LogP contribution < -0.4 is 10.6 Å². The number of carboxylic acids is 1. The van der Waals surface area contributed by atoms with Crippen molar-refractivity contribution in [2.24, 2.45) is 5.92 Å². The Hall–Kier alpha value is -1.79. The lowest BCUT2D eigenvalue weighted by Crippen LogP contribution is -2.50. The number of rotatable bonds is 6. The lowest BCUT2D eigenvalue weighted by atomic mass is 9.97. The van der Waals surface area contributed by atoms with Crippen molar-refractivity contribution >= 4 is 17.9 Å². The van der Waals surface area contributed by atoms with E-state index in [9.17, 15) is 14.4 Å². The Morgan fingerprint density at radius 2 is 1.83 bits per heavy atom. The Morgan fingerprint density at radius 1 is 1.09 bits per heavy atom. The summed E-state index contributed by atoms with van der Waals surface area (Å²) in [6, 6.07) is 0.230. The first-order valence-corrected chi connectivity index (χ1v) is 8.61. The van der Waals surface area contributed by atoms with E-state index in [1.165, 1.54) is 12.8 Å². The van der Waals surface area contributed by atoms with Gasteiger partial charge in [-0.15, -0.1) is 0 Å². The Balaban J connectivity index is 1.72. The van der Waals surface area contributed by atoms with Crippen molar-refractivity contribution in [1.29, 1.82) is 0 Å². The van der Waals surface area contributed by atoms with Crippen molar-refractivity contribution < 1.29 is 19.5 Å². The molecule has 2 fully saturated rings. The van der Waals surface area contributed by atoms with Crippen LogP contribution >= 0.6 is 0 Å². The van der Waals surface area contributed by atoms with E-state index in [1.54, 1.807) is 4.90 Å². The molecule has 0 aromatic rings. The lowest BCUT2D eigenvalue weighted by Gasteiger charge is -2.33. The lowest BCUT2D eigenvalue weighted by molar-refractivity contribution is -0.137. The number of hydrogen-bond donors (Lipinski definition) is 3. The van der Waals surface area contributed by atoms with Crippen molar-refractivity contribution in [3.05, 3.63) is 0 Å². The fourth-order valence-corrected chi connectivity index (χ4v) is 3.31. The first kappa shape index (κ1) is 17.6. The van der Waals surface area contributed by atoms with E-state index in [1.807, 2.05) is 0 Å². The number of likely N-dealkylation sites (tertiary alicyclic amines) is 1. The average Bonchev–Trinajstić information content (AvgIpc) is 3.04. The zero-order valence-electron chi connectivity index (χ0n) is 13.6. The van der Waals surface area contributed by atoms with Gasteiger partial charge >= 0.3 is 12.0 Å². The van der Waals surface area contributed by atoms with E-state index in [0.29, 0.717) is 26.1 Å². The second-order valence-electron chi connectivity index (χ2n) is 6.50. The van der Waals surface area contributed by atoms with Crippen molar-refractivity contribution in [1.82, 2.24) is 15.5 Å². The molecule has 1 atom stereocenters. The van der Waals surface area contributed by atoms with Crippen LogP contribution in [-0.4, -0.2) is 53.6 Å². The molecule has 7 nitrogen and oxygen atoms in total. The molecule has 1 aliphatic heterocycles. The van der Waals surface area contributed by atoms with Gasteiger partial charge in [0.05, 0.1) is 5.92 Å². The van der Waals surface area contributed by atoms with Crippen LogP contribution in [0.4, 0.5) is 4.79 Å². The van der Waals surface area contributed by atoms with Crippen LogP contribution in [0.15, 0.2) is 0 Å². The third-order valence-electron chi connectivity index (χ3n) is 4.63. The topological polar surface area (TPSA) is 98.7 Å². The summed E-state index contributed by atoms with van der Waals surface area (Å²) >= 11 is 0. The first-order chi connectivity index (χ1) is 11.1. The molecule has 1 saturated carbocycles. The zero-order chi connectivity index (χ0) is 16.7. The molecule has 0 aromatic heterocycles. The van der Waals surface area contributed by atoms with Gasteiger partial charge in [-0.2, -0.15) is 0 Å². The maximum absolute atomic E-state index is 12.3. The summed E-state index contributed by atoms with van der Waals surface area (Å²) < 4.78 is 0. The van der Waals surface area contributed by atoms with Crippen molar-refractivity contribution in [3.8, 4) is 0 Å². The molecule has 1 heterocycles. The normalized spacial score (nSPS) is 21.9. The average molecular weight is 325 g/mol. The van der Waals surface area contributed by atoms with Gasteiger partial charge < -0.3 is 20.6 Å². The van der Waals surface area contributed by atoms with E-state index in [-0.39, 0.29) is 30.3 Å². The molecule has 0 spiro atoms. The number of carbonyl (C=O) groups is 3. The summed E-state index contributed by atoms with van der Waals surface area (Å²) in [7, 11) is 0. The maximum atomic E-state index is 12.3. The molecule has 3 amide bonds. The SMILES string of the molecule is O=C(O)CCCNC(=O)C1CCCN(C(=O)NC2CCCC2)C1. The molecule has 2 aliphatic rings. The van der Waals surface area contributed by atoms with E-state index in [0.717, 1.165) is 25.7 Å². The van der Waals surface area contributed by atoms with Crippen LogP contribution in [0, 0.1) is 5.92 Å². The largest absolute Gasteiger partial charge is 0.481 e. The third-order valence-corrected chi connectivity index (χ3v) is 4.63. The molecule has 0 aromatic carbocycles. The van der Waals surface area contributed by atoms with Gasteiger partial charge in [-0.25, -0.2) is 4.79 Å². The molecule has 0 radical (unpaired) electrons. The van der Waals surface area contributed by atoms with Crippen molar-refractivity contribution in [3.63, 3.8) is 0 Å². The third kappa shape index (κ3) is 5.73. The molecule has 2 rings (SSSR count). The summed E-state index contributed by atoms with van der Waals surface area (Å²) in [4.78, 5) is 36.6. The smallest absolute Gasteiger partial charge is 0.317 e. The van der Waals surface area contributed by atoms with Gasteiger partial charge in [0.1, 0.15) is 0 Å². The quantitative estimate of drug-likeness (QED) is 0.642. The van der Waals surface area contributed by atoms with E-state index in [4.69, 9.17) is 5.11 Å². The predicted octanol–water partition coefficient (Wildman–Crippen LogP) is 1.33. The number of nitrogens with one attached hydrogen (secondary N) is 2. The molecule has 1 aliphatic carbocycles. The minimum absolute atomic E-state index is 0.0553. The fourth-order valence-electron chi connectivity index (χ4n) is 3.31. The second kappa shape index (κ2) is 8.74. The van der Waals surface area contributed by atoms with Gasteiger partial charge in [-0.1, -0.05) is 12.8 Å². The number of urea groups is 1. The molecular formula is C16H27N3O4. The van der Waals surface area contributed by atoms with E-state index >= 15 is 0 Å². The molecule has 130 valence electrons. The van der Waals surface area contributed by atoms with E-state index < -0.39 is 5.97 Å². The summed E-state index contributed by atoms with van der Waals surface area (Å²) in [5, 5.41) is 14.4. The van der Waals surface area contributed by atoms with Gasteiger partial charge in [0.25, 0.3) is 0 Å². The highest BCUT2D eigenvalue weighted by atomic mass is 16.4. The standard InChI is InChI=1S/C16H27N3O4/c20-14(21)8-3-9-17-15(22)12-5-4-10-19(11-12)16(23)18-13-6-1-2-7-13/h12-13H,1-11H2,(H,17,22)(H,18,23)(H,20,21). The molecular weight excluding hydrogens is 298 g/mol. The van der Waals surface area contributed by atoms with Gasteiger partial charge in [0, 0.05) is 32.1 Å². The van der Waals surface area contributed by atoms with Crippen LogP contribution in [0.2, 0.25) is 0 Å². The summed E-state index contributed by atoms with van der Waals surface area (Å²) in [6.45, 7) is 1.51. The Morgan fingerprint density at radius 3 is 2.52 bits per heavy atom. The highest BCUT2D eigenvalue weighted by molar-refractivity contribution is 5.81. The Labute approximate surface area is 136 Å². The number of piperidine rings is 1. The van der Waals surface area contributed by atoms with Crippen molar-refractivity contribution in [2.45, 2.75) is 57.4 Å². The van der Waals surface area contributed by atoms with Crippen LogP contribution in [0.1, 0.15) is 51.4 Å². The highest BCUT2D eigenvalue weighted by Crippen LogP contribution is 2.20. The molecule has 7 heteroatoms. The number of carboxylic acid groups (broad SMARTS) is 1. The predicted molar refractivity (Wildman–Crippen MR) is 85.0 cm³/mol. The van der Waals surface area contributed by atoms with Crippen molar-refractivity contribution in [2.75, 3.05) is 19.6 Å². The van der Waals surface area contributed by atoms with Gasteiger partial charge in [-0.3, -0.25) is 9.59 Å². The van der Waals surface area contributed by atoms with Crippen LogP contribution in [0.3, 0.4) is 0 Å². The molecule has 1 saturated heterocycles. The molecule has 23 heavy (non-hydrogen) atoms. The number of amides is 3. The maximum Gasteiger partial charge on any atom is 0.317 e. The molecule has 1 unspecified atom stereocenters. The first-order valence-electron chi connectivity index (χ1n) is 8.61. The Bertz CT molecular complexity index is 435. The van der Waals surface area contributed by atoms with E-state index in [2.05, 4.69) is 10.6 Å². The summed E-state index contributed by atoms with van der Waals surface area (Å²) in [6.07, 6.45) is 6.53. The van der Waals surface area contributed by atoms with Gasteiger partial charge in [0.15, 0.2) is 0 Å². The fraction of sp³-hybridized carbons (Fsp3) is 0.812. The van der Waals surface area contributed by atoms with Gasteiger partial charge in [-0.05, 0) is 32.1 Å². The molecule has 3 N–H and O–H groups in total. The Kier molecular flexibility index (Phi) is 6.67.